The molecule has 7 nitrogen and oxygen atoms in total. The van der Waals surface area contributed by atoms with Crippen molar-refractivity contribution < 1.29 is 72.8 Å². The number of halogens is 9. The van der Waals surface area contributed by atoms with Gasteiger partial charge in [-0.05, 0) is 0 Å². The standard InChI is InChI=1S/C11H7F9O7/c12-9(13,14)6(21)24-2-3-1-4(26-7(22)10(15,16)17)5(25-3)27-8(23)11(18,19)20/h3-5H,1-2H2/t3-,4+,5+/m1/s1. The van der Waals surface area contributed by atoms with Crippen LogP contribution in [0, 0.1) is 0 Å². The Morgan fingerprint density at radius 3 is 1.67 bits per heavy atom. The van der Waals surface area contributed by atoms with Gasteiger partial charge in [-0.2, -0.15) is 39.5 Å². The minimum atomic E-state index is -5.59. The summed E-state index contributed by atoms with van der Waals surface area (Å²) in [7, 11) is 0. The fourth-order valence-electron chi connectivity index (χ4n) is 1.64. The highest BCUT2D eigenvalue weighted by Crippen LogP contribution is 2.30. The van der Waals surface area contributed by atoms with Crippen LogP contribution in [0.4, 0.5) is 39.5 Å². The van der Waals surface area contributed by atoms with E-state index in [-0.39, 0.29) is 0 Å². The Morgan fingerprint density at radius 1 is 0.778 bits per heavy atom. The van der Waals surface area contributed by atoms with Crippen molar-refractivity contribution in [3.63, 3.8) is 0 Å². The number of carbonyl (C=O) groups is 3. The van der Waals surface area contributed by atoms with Crippen molar-refractivity contribution in [1.82, 2.24) is 0 Å². The van der Waals surface area contributed by atoms with Crippen LogP contribution in [0.3, 0.4) is 0 Å². The monoisotopic (exact) mass is 422 g/mol. The third-order valence-electron chi connectivity index (χ3n) is 2.70. The maximum atomic E-state index is 12.2. The Bertz CT molecular complexity index is 544. The van der Waals surface area contributed by atoms with Gasteiger partial charge in [0.1, 0.15) is 6.61 Å². The van der Waals surface area contributed by atoms with Crippen LogP contribution >= 0.6 is 0 Å². The van der Waals surface area contributed by atoms with Crippen LogP contribution in [0.25, 0.3) is 0 Å². The fourth-order valence-corrected chi connectivity index (χ4v) is 1.64. The normalized spacial score (nSPS) is 23.7. The predicted molar refractivity (Wildman–Crippen MR) is 58.4 cm³/mol. The average Bonchev–Trinajstić information content (AvgIpc) is 2.83. The third kappa shape index (κ3) is 6.76. The maximum Gasteiger partial charge on any atom is 0.491 e. The van der Waals surface area contributed by atoms with Crippen molar-refractivity contribution >= 4 is 17.9 Å². The lowest BCUT2D eigenvalue weighted by Crippen LogP contribution is -2.39. The predicted octanol–water partition coefficient (Wildman–Crippen LogP) is 1.79. The summed E-state index contributed by atoms with van der Waals surface area (Å²) in [5.41, 5.74) is 0. The molecular formula is C11H7F9O7. The molecule has 0 spiro atoms. The Balaban J connectivity index is 2.81. The van der Waals surface area contributed by atoms with Gasteiger partial charge in [-0.3, -0.25) is 0 Å². The van der Waals surface area contributed by atoms with Crippen molar-refractivity contribution in [2.75, 3.05) is 6.61 Å². The highest BCUT2D eigenvalue weighted by Gasteiger charge is 2.51. The highest BCUT2D eigenvalue weighted by molar-refractivity contribution is 5.77. The molecule has 0 saturated carbocycles. The lowest BCUT2D eigenvalue weighted by atomic mass is 10.2. The molecule has 156 valence electrons. The van der Waals surface area contributed by atoms with Crippen molar-refractivity contribution in [1.29, 1.82) is 0 Å². The Kier molecular flexibility index (Phi) is 6.56. The Hall–Kier alpha value is -2.26. The van der Waals surface area contributed by atoms with Crippen LogP contribution in [0.2, 0.25) is 0 Å². The second-order valence-corrected chi connectivity index (χ2v) is 4.80. The average molecular weight is 422 g/mol. The number of ether oxygens (including phenoxy) is 4. The van der Waals surface area contributed by atoms with Gasteiger partial charge in [0.2, 0.25) is 6.29 Å². The second-order valence-electron chi connectivity index (χ2n) is 4.80. The van der Waals surface area contributed by atoms with Crippen LogP contribution in [0.5, 0.6) is 0 Å². The van der Waals surface area contributed by atoms with Crippen LogP contribution < -0.4 is 0 Å². The van der Waals surface area contributed by atoms with Crippen molar-refractivity contribution in [2.45, 2.75) is 43.4 Å². The zero-order valence-corrected chi connectivity index (χ0v) is 12.4. The quantitative estimate of drug-likeness (QED) is 0.388. The van der Waals surface area contributed by atoms with Gasteiger partial charge in [0.25, 0.3) is 0 Å². The minimum Gasteiger partial charge on any atom is -0.456 e. The molecule has 1 saturated heterocycles. The van der Waals surface area contributed by atoms with Gasteiger partial charge in [-0.15, -0.1) is 0 Å². The molecule has 1 heterocycles. The van der Waals surface area contributed by atoms with E-state index in [1.54, 1.807) is 0 Å². The van der Waals surface area contributed by atoms with Gasteiger partial charge < -0.3 is 18.9 Å². The first-order valence-corrected chi connectivity index (χ1v) is 6.47. The zero-order chi connectivity index (χ0) is 21.2. The van der Waals surface area contributed by atoms with E-state index in [0.717, 1.165) is 0 Å². The van der Waals surface area contributed by atoms with Crippen LogP contribution in [-0.4, -0.2) is 61.5 Å². The molecule has 0 aromatic heterocycles. The largest absolute Gasteiger partial charge is 0.491 e. The van der Waals surface area contributed by atoms with Gasteiger partial charge in [-0.1, -0.05) is 0 Å². The van der Waals surface area contributed by atoms with Gasteiger partial charge in [0.05, 0.1) is 6.10 Å². The van der Waals surface area contributed by atoms with E-state index in [2.05, 4.69) is 18.9 Å². The van der Waals surface area contributed by atoms with E-state index in [1.807, 2.05) is 0 Å². The summed E-state index contributed by atoms with van der Waals surface area (Å²) < 4.78 is 125. The summed E-state index contributed by atoms with van der Waals surface area (Å²) in [5.74, 6) is -8.52. The molecule has 27 heavy (non-hydrogen) atoms. The molecule has 0 amide bonds. The lowest BCUT2D eigenvalue weighted by Gasteiger charge is -2.20. The van der Waals surface area contributed by atoms with E-state index >= 15 is 0 Å². The van der Waals surface area contributed by atoms with E-state index in [4.69, 9.17) is 0 Å². The van der Waals surface area contributed by atoms with E-state index in [9.17, 15) is 53.9 Å². The number of hydrogen-bond donors (Lipinski definition) is 0. The van der Waals surface area contributed by atoms with Gasteiger partial charge >= 0.3 is 36.4 Å². The van der Waals surface area contributed by atoms with Crippen molar-refractivity contribution in [3.8, 4) is 0 Å². The van der Waals surface area contributed by atoms with E-state index in [0.29, 0.717) is 0 Å². The number of carbonyl (C=O) groups excluding carboxylic acids is 3. The SMILES string of the molecule is O=C(OC[C@H]1C[C@H](OC(=O)C(F)(F)F)[C@H](OC(=O)C(F)(F)F)O1)C(F)(F)F. The summed E-state index contributed by atoms with van der Waals surface area (Å²) in [6, 6.07) is 0. The summed E-state index contributed by atoms with van der Waals surface area (Å²) in [6.07, 6.45) is -24.1. The van der Waals surface area contributed by atoms with E-state index in [1.165, 1.54) is 0 Å². The highest BCUT2D eigenvalue weighted by atomic mass is 19.4. The van der Waals surface area contributed by atoms with E-state index < -0.39 is 68.0 Å². The molecule has 0 bridgehead atoms. The molecule has 0 aliphatic carbocycles. The maximum absolute atomic E-state index is 12.2. The zero-order valence-electron chi connectivity index (χ0n) is 12.4. The molecule has 16 heteroatoms. The smallest absolute Gasteiger partial charge is 0.456 e. The molecule has 0 unspecified atom stereocenters. The molecule has 1 aliphatic heterocycles. The number of alkyl halides is 9. The van der Waals surface area contributed by atoms with Gasteiger partial charge in [0.15, 0.2) is 6.10 Å². The molecule has 1 fully saturated rings. The molecule has 3 atom stereocenters. The van der Waals surface area contributed by atoms with Crippen LogP contribution in [0.15, 0.2) is 0 Å². The lowest BCUT2D eigenvalue weighted by molar-refractivity contribution is -0.241. The van der Waals surface area contributed by atoms with Crippen molar-refractivity contribution in [3.05, 3.63) is 0 Å². The molecule has 1 aliphatic rings. The van der Waals surface area contributed by atoms with Gasteiger partial charge in [-0.25, -0.2) is 14.4 Å². The Morgan fingerprint density at radius 2 is 1.22 bits per heavy atom. The molecule has 0 aromatic rings. The molecule has 0 radical (unpaired) electrons. The first-order chi connectivity index (χ1) is 12.0. The number of hydrogen-bond acceptors (Lipinski definition) is 7. The summed E-state index contributed by atoms with van der Waals surface area (Å²) in [4.78, 5) is 32.0. The Labute approximate surface area is 142 Å². The second kappa shape index (κ2) is 7.77. The summed E-state index contributed by atoms with van der Waals surface area (Å²) in [6.45, 7) is -1.28. The number of rotatable bonds is 4. The van der Waals surface area contributed by atoms with Gasteiger partial charge in [0, 0.05) is 6.42 Å². The molecule has 0 N–H and O–H groups in total. The van der Waals surface area contributed by atoms with Crippen LogP contribution in [0.1, 0.15) is 6.42 Å². The topological polar surface area (TPSA) is 88.1 Å². The summed E-state index contributed by atoms with van der Waals surface area (Å²) in [5, 5.41) is 0. The van der Waals surface area contributed by atoms with Crippen molar-refractivity contribution in [2.24, 2.45) is 0 Å². The minimum absolute atomic E-state index is 0.956. The first kappa shape index (κ1) is 22.8. The molecule has 0 aromatic carbocycles. The molecular weight excluding hydrogens is 415 g/mol. The van der Waals surface area contributed by atoms with Crippen LogP contribution in [-0.2, 0) is 33.3 Å². The fraction of sp³-hybridized carbons (Fsp3) is 0.727. The number of esters is 3. The first-order valence-electron chi connectivity index (χ1n) is 6.47. The molecule has 1 rings (SSSR count). The third-order valence-corrected chi connectivity index (χ3v) is 2.70. The summed E-state index contributed by atoms with van der Waals surface area (Å²) >= 11 is 0.